The molecule has 2 aliphatic heterocycles. The van der Waals surface area contributed by atoms with E-state index in [0.717, 1.165) is 25.6 Å². The minimum Gasteiger partial charge on any atom is -0.343 e. The molecule has 0 radical (unpaired) electrons. The number of rotatable bonds is 8. The molecule has 1 saturated heterocycles. The number of benzene rings is 1. The summed E-state index contributed by atoms with van der Waals surface area (Å²) in [5.41, 5.74) is 1.33. The van der Waals surface area contributed by atoms with E-state index in [2.05, 4.69) is 30.8 Å². The quantitative estimate of drug-likeness (QED) is 0.426. The number of carbonyl (C=O) groups is 2. The summed E-state index contributed by atoms with van der Waals surface area (Å²) in [7, 11) is -1.89. The molecule has 0 spiro atoms. The molecule has 2 fully saturated rings. The Morgan fingerprint density at radius 3 is 2.54 bits per heavy atom. The Hall–Kier alpha value is -3.45. The first kappa shape index (κ1) is 29.1. The van der Waals surface area contributed by atoms with Crippen LogP contribution in [-0.4, -0.2) is 86.3 Å². The second kappa shape index (κ2) is 11.8. The average Bonchev–Trinajstić information content (AvgIpc) is 3.61. The van der Waals surface area contributed by atoms with Crippen molar-refractivity contribution in [2.24, 2.45) is 0 Å². The van der Waals surface area contributed by atoms with E-state index in [0.29, 0.717) is 41.5 Å². The zero-order valence-electron chi connectivity index (χ0n) is 24.2. The summed E-state index contributed by atoms with van der Waals surface area (Å²) in [6.07, 6.45) is 9.91. The summed E-state index contributed by atoms with van der Waals surface area (Å²) < 4.78 is 25.0. The summed E-state index contributed by atoms with van der Waals surface area (Å²) >= 11 is 0. The summed E-state index contributed by atoms with van der Waals surface area (Å²) in [6, 6.07) is 5.16. The number of likely N-dealkylation sites (tertiary alicyclic amines) is 1. The van der Waals surface area contributed by atoms with Crippen LogP contribution in [0, 0.1) is 0 Å². The summed E-state index contributed by atoms with van der Waals surface area (Å²) in [5.74, 6) is 0.797. The molecule has 3 aliphatic rings. The van der Waals surface area contributed by atoms with Gasteiger partial charge in [-0.3, -0.25) is 9.69 Å². The molecule has 1 saturated carbocycles. The van der Waals surface area contributed by atoms with Gasteiger partial charge in [-0.1, -0.05) is 12.8 Å². The van der Waals surface area contributed by atoms with E-state index >= 15 is 0 Å². The van der Waals surface area contributed by atoms with Gasteiger partial charge in [0.2, 0.25) is 11.9 Å². The van der Waals surface area contributed by atoms with E-state index in [4.69, 9.17) is 0 Å². The number of fused-ring (bicyclic) bond motifs is 1. The molecular weight excluding hydrogens is 544 g/mol. The molecule has 1 aromatic heterocycles. The molecule has 1 unspecified atom stereocenters. The average molecular weight is 585 g/mol. The van der Waals surface area contributed by atoms with Crippen LogP contribution >= 0.6 is 0 Å². The van der Waals surface area contributed by atoms with E-state index < -0.39 is 9.84 Å². The molecule has 12 nitrogen and oxygen atoms in total. The predicted octanol–water partition coefficient (Wildman–Crippen LogP) is 3.34. The van der Waals surface area contributed by atoms with Crippen molar-refractivity contribution < 1.29 is 18.0 Å². The first-order valence-electron chi connectivity index (χ1n) is 14.3. The van der Waals surface area contributed by atoms with Gasteiger partial charge in [-0.2, -0.15) is 4.98 Å². The fourth-order valence-electron chi connectivity index (χ4n) is 6.03. The topological polar surface area (TPSA) is 140 Å². The lowest BCUT2D eigenvalue weighted by Crippen LogP contribution is -2.47. The molecule has 3 heterocycles. The van der Waals surface area contributed by atoms with Crippen LogP contribution in [-0.2, 0) is 14.6 Å². The van der Waals surface area contributed by atoms with Crippen molar-refractivity contribution >= 4 is 50.6 Å². The van der Waals surface area contributed by atoms with E-state index in [9.17, 15) is 18.0 Å². The van der Waals surface area contributed by atoms with Gasteiger partial charge in [0.1, 0.15) is 5.69 Å². The van der Waals surface area contributed by atoms with E-state index in [1.807, 2.05) is 18.7 Å². The van der Waals surface area contributed by atoms with Crippen molar-refractivity contribution in [1.29, 1.82) is 0 Å². The van der Waals surface area contributed by atoms with Gasteiger partial charge in [0.05, 0.1) is 17.6 Å². The molecule has 222 valence electrons. The van der Waals surface area contributed by atoms with Gasteiger partial charge in [-0.05, 0) is 64.3 Å². The molecule has 2 aromatic rings. The third-order valence-electron chi connectivity index (χ3n) is 8.25. The maximum Gasteiger partial charge on any atom is 0.319 e. The third-order valence-corrected chi connectivity index (χ3v) is 9.34. The van der Waals surface area contributed by atoms with Crippen LogP contribution in [0.25, 0.3) is 0 Å². The van der Waals surface area contributed by atoms with Crippen LogP contribution in [0.1, 0.15) is 52.4 Å². The first-order chi connectivity index (χ1) is 19.5. The first-order valence-corrected chi connectivity index (χ1v) is 16.2. The van der Waals surface area contributed by atoms with Gasteiger partial charge in [0.15, 0.2) is 15.7 Å². The van der Waals surface area contributed by atoms with Gasteiger partial charge in [-0.25, -0.2) is 18.2 Å². The number of hydrogen-bond donors (Lipinski definition) is 3. The number of sulfone groups is 1. The van der Waals surface area contributed by atoms with Crippen LogP contribution < -0.4 is 25.8 Å². The summed E-state index contributed by atoms with van der Waals surface area (Å²) in [6.45, 7) is 5.79. The Morgan fingerprint density at radius 2 is 1.83 bits per heavy atom. The highest BCUT2D eigenvalue weighted by atomic mass is 32.2. The molecule has 1 aliphatic carbocycles. The van der Waals surface area contributed by atoms with Crippen molar-refractivity contribution in [2.45, 2.75) is 75.4 Å². The standard InChI is InChI=1S/C28H40N8O4S/c1-18(2)36-17-25(37)34(3)24-16-29-27(33-26(24)36)31-19-12-20(14-23(13-19)41(4,39)40)32-28(38)30-15-22-10-7-11-35(22)21-8-5-6-9-21/h12-14,16,18,21-22H,5-11,15,17H2,1-4H3,(H,29,31,33)(H2,30,32,38). The van der Waals surface area contributed by atoms with Crippen LogP contribution in [0.2, 0.25) is 0 Å². The third kappa shape index (κ3) is 6.56. The highest BCUT2D eigenvalue weighted by molar-refractivity contribution is 7.90. The van der Waals surface area contributed by atoms with Crippen LogP contribution in [0.4, 0.5) is 33.6 Å². The minimum atomic E-state index is -3.58. The van der Waals surface area contributed by atoms with Crippen LogP contribution in [0.3, 0.4) is 0 Å². The molecule has 3 amide bonds. The lowest BCUT2D eigenvalue weighted by molar-refractivity contribution is -0.117. The second-order valence-corrected chi connectivity index (χ2v) is 13.5. The molecule has 5 rings (SSSR count). The summed E-state index contributed by atoms with van der Waals surface area (Å²) in [4.78, 5) is 40.3. The van der Waals surface area contributed by atoms with Crippen LogP contribution in [0.5, 0.6) is 0 Å². The van der Waals surface area contributed by atoms with Gasteiger partial charge < -0.3 is 25.8 Å². The van der Waals surface area contributed by atoms with Crippen molar-refractivity contribution in [3.05, 3.63) is 24.4 Å². The maximum absolute atomic E-state index is 12.9. The molecular formula is C28H40N8O4S. The lowest BCUT2D eigenvalue weighted by atomic mass is 10.1. The predicted molar refractivity (Wildman–Crippen MR) is 160 cm³/mol. The van der Waals surface area contributed by atoms with Crippen molar-refractivity contribution in [2.75, 3.05) is 53.4 Å². The number of carbonyl (C=O) groups excluding carboxylic acids is 2. The Kier molecular flexibility index (Phi) is 8.37. The maximum atomic E-state index is 12.9. The molecule has 3 N–H and O–H groups in total. The zero-order valence-corrected chi connectivity index (χ0v) is 25.0. The Balaban J connectivity index is 1.32. The minimum absolute atomic E-state index is 0.0338. The number of hydrogen-bond acceptors (Lipinski definition) is 9. The Labute approximate surface area is 241 Å². The van der Waals surface area contributed by atoms with Gasteiger partial charge in [0.25, 0.3) is 0 Å². The normalized spacial score (nSPS) is 20.0. The Morgan fingerprint density at radius 1 is 1.10 bits per heavy atom. The number of urea groups is 1. The monoisotopic (exact) mass is 584 g/mol. The van der Waals surface area contributed by atoms with E-state index in [1.54, 1.807) is 19.3 Å². The number of anilines is 5. The number of amides is 3. The highest BCUT2D eigenvalue weighted by Gasteiger charge is 2.33. The van der Waals surface area contributed by atoms with Crippen molar-refractivity contribution in [3.8, 4) is 0 Å². The molecule has 1 atom stereocenters. The highest BCUT2D eigenvalue weighted by Crippen LogP contribution is 2.34. The van der Waals surface area contributed by atoms with E-state index in [-0.39, 0.29) is 35.4 Å². The zero-order chi connectivity index (χ0) is 29.3. The number of nitrogens with one attached hydrogen (secondary N) is 3. The largest absolute Gasteiger partial charge is 0.343 e. The van der Waals surface area contributed by atoms with Crippen LogP contribution in [0.15, 0.2) is 29.3 Å². The smallest absolute Gasteiger partial charge is 0.319 e. The van der Waals surface area contributed by atoms with Crippen molar-refractivity contribution in [1.82, 2.24) is 20.2 Å². The SMILES string of the molecule is CC(C)N1CC(=O)N(C)c2cnc(Nc3cc(NC(=O)NCC4CCCN4C4CCCC4)cc(S(C)(=O)=O)c3)nc21. The number of nitrogens with zero attached hydrogens (tertiary/aromatic N) is 5. The number of likely N-dealkylation sites (N-methyl/N-ethyl adjacent to an activating group) is 1. The van der Waals surface area contributed by atoms with Crippen molar-refractivity contribution in [3.63, 3.8) is 0 Å². The van der Waals surface area contributed by atoms with Gasteiger partial charge >= 0.3 is 6.03 Å². The second-order valence-electron chi connectivity index (χ2n) is 11.5. The lowest BCUT2D eigenvalue weighted by Gasteiger charge is -2.36. The Bertz CT molecular complexity index is 1410. The van der Waals surface area contributed by atoms with Gasteiger partial charge in [-0.15, -0.1) is 0 Å². The summed E-state index contributed by atoms with van der Waals surface area (Å²) in [5, 5.41) is 8.88. The molecule has 13 heteroatoms. The fraction of sp³-hybridized carbons (Fsp3) is 0.571. The number of aromatic nitrogens is 2. The van der Waals surface area contributed by atoms with Gasteiger partial charge in [0, 0.05) is 49.3 Å². The molecule has 1 aromatic carbocycles. The van der Waals surface area contributed by atoms with E-state index in [1.165, 1.54) is 42.7 Å². The molecule has 41 heavy (non-hydrogen) atoms. The molecule has 0 bridgehead atoms. The fourth-order valence-corrected chi connectivity index (χ4v) is 6.71.